The molecule has 0 amide bonds. The highest BCUT2D eigenvalue weighted by atomic mass is 127. The second-order valence-electron chi connectivity index (χ2n) is 7.47. The first-order chi connectivity index (χ1) is 12.2. The summed E-state index contributed by atoms with van der Waals surface area (Å²) < 4.78 is 11.2. The van der Waals surface area contributed by atoms with Gasteiger partial charge in [0.1, 0.15) is 0 Å². The zero-order valence-corrected chi connectivity index (χ0v) is 19.2. The van der Waals surface area contributed by atoms with Crippen molar-refractivity contribution in [2.24, 2.45) is 10.9 Å². The number of hydrogen-bond acceptors (Lipinski definition) is 4. The highest BCUT2D eigenvalue weighted by molar-refractivity contribution is 14.0. The number of guanidine groups is 1. The lowest BCUT2D eigenvalue weighted by atomic mass is 10.0. The van der Waals surface area contributed by atoms with Crippen LogP contribution in [0, 0.1) is 5.92 Å². The normalized spacial score (nSPS) is 18.9. The molecule has 1 aliphatic carbocycles. The molecule has 0 atom stereocenters. The van der Waals surface area contributed by atoms with E-state index in [0.29, 0.717) is 12.0 Å². The van der Waals surface area contributed by atoms with Gasteiger partial charge in [-0.05, 0) is 51.9 Å². The van der Waals surface area contributed by atoms with E-state index in [4.69, 9.17) is 9.47 Å². The molecule has 1 saturated heterocycles. The van der Waals surface area contributed by atoms with Crippen molar-refractivity contribution >= 4 is 29.9 Å². The van der Waals surface area contributed by atoms with E-state index in [1.165, 1.54) is 12.8 Å². The molecular formula is C19H39IN4O2. The Labute approximate surface area is 176 Å². The quantitative estimate of drug-likeness (QED) is 0.205. The van der Waals surface area contributed by atoms with Crippen molar-refractivity contribution in [3.05, 3.63) is 0 Å². The van der Waals surface area contributed by atoms with Crippen LogP contribution in [-0.4, -0.2) is 76.1 Å². The maximum atomic E-state index is 5.80. The van der Waals surface area contributed by atoms with E-state index in [1.807, 2.05) is 7.05 Å². The van der Waals surface area contributed by atoms with Crippen molar-refractivity contribution in [1.82, 2.24) is 15.5 Å². The smallest absolute Gasteiger partial charge is 0.191 e. The molecule has 1 heterocycles. The Hall–Kier alpha value is -0.120. The summed E-state index contributed by atoms with van der Waals surface area (Å²) in [5.41, 5.74) is 0. The minimum atomic E-state index is 0. The first kappa shape index (κ1) is 23.9. The lowest BCUT2D eigenvalue weighted by molar-refractivity contribution is 0.0203. The summed E-state index contributed by atoms with van der Waals surface area (Å²) in [5.74, 6) is 1.58. The van der Waals surface area contributed by atoms with Crippen LogP contribution in [0.2, 0.25) is 0 Å². The number of aliphatic imine (C=N–C) groups is 1. The zero-order valence-electron chi connectivity index (χ0n) is 16.8. The molecule has 2 fully saturated rings. The summed E-state index contributed by atoms with van der Waals surface area (Å²) >= 11 is 0. The maximum Gasteiger partial charge on any atom is 0.191 e. The molecule has 26 heavy (non-hydrogen) atoms. The van der Waals surface area contributed by atoms with E-state index in [2.05, 4.69) is 34.4 Å². The number of nitrogens with zero attached hydrogens (tertiary/aromatic N) is 2. The summed E-state index contributed by atoms with van der Waals surface area (Å²) in [6.45, 7) is 11.0. The predicted octanol–water partition coefficient (Wildman–Crippen LogP) is 2.48. The molecule has 1 aliphatic heterocycles. The molecule has 2 N–H and O–H groups in total. The van der Waals surface area contributed by atoms with Gasteiger partial charge in [0.15, 0.2) is 5.96 Å². The number of ether oxygens (including phenoxy) is 2. The van der Waals surface area contributed by atoms with Crippen LogP contribution in [0.1, 0.15) is 46.0 Å². The standard InChI is InChI=1S/C19H38N4O2.HI/c1-16(2)23(18-5-6-18)11-10-22-19(20-3)21-9-4-12-25-15-17-7-13-24-14-8-17;/h16-18H,4-15H2,1-3H3,(H2,20,21,22);1H. The minimum Gasteiger partial charge on any atom is -0.381 e. The number of rotatable bonds is 11. The Morgan fingerprint density at radius 1 is 1.15 bits per heavy atom. The average Bonchev–Trinajstić information content (AvgIpc) is 3.45. The van der Waals surface area contributed by atoms with Crippen LogP contribution < -0.4 is 10.6 Å². The zero-order chi connectivity index (χ0) is 17.9. The maximum absolute atomic E-state index is 5.80. The van der Waals surface area contributed by atoms with Crippen molar-refractivity contribution < 1.29 is 9.47 Å². The van der Waals surface area contributed by atoms with Gasteiger partial charge in [0.25, 0.3) is 0 Å². The van der Waals surface area contributed by atoms with Crippen molar-refractivity contribution in [2.75, 3.05) is 53.1 Å². The van der Waals surface area contributed by atoms with Gasteiger partial charge in [0.05, 0.1) is 0 Å². The van der Waals surface area contributed by atoms with E-state index < -0.39 is 0 Å². The molecule has 1 saturated carbocycles. The van der Waals surface area contributed by atoms with Crippen molar-refractivity contribution in [1.29, 1.82) is 0 Å². The van der Waals surface area contributed by atoms with Crippen LogP contribution >= 0.6 is 24.0 Å². The summed E-state index contributed by atoms with van der Waals surface area (Å²) in [5, 5.41) is 6.80. The largest absolute Gasteiger partial charge is 0.381 e. The van der Waals surface area contributed by atoms with Crippen LogP contribution in [-0.2, 0) is 9.47 Å². The van der Waals surface area contributed by atoms with E-state index >= 15 is 0 Å². The molecule has 0 aromatic carbocycles. The highest BCUT2D eigenvalue weighted by Gasteiger charge is 2.30. The predicted molar refractivity (Wildman–Crippen MR) is 119 cm³/mol. The van der Waals surface area contributed by atoms with E-state index in [1.54, 1.807) is 0 Å². The summed E-state index contributed by atoms with van der Waals surface area (Å²) in [6.07, 6.45) is 6.01. The van der Waals surface area contributed by atoms with Crippen molar-refractivity contribution in [3.63, 3.8) is 0 Å². The monoisotopic (exact) mass is 482 g/mol. The van der Waals surface area contributed by atoms with Gasteiger partial charge in [-0.1, -0.05) is 0 Å². The Balaban J connectivity index is 0.00000338. The third-order valence-electron chi connectivity index (χ3n) is 5.02. The molecule has 0 bridgehead atoms. The molecule has 0 unspecified atom stereocenters. The Bertz CT molecular complexity index is 384. The van der Waals surface area contributed by atoms with E-state index in [9.17, 15) is 0 Å². The number of halogens is 1. The van der Waals surface area contributed by atoms with Gasteiger partial charge < -0.3 is 20.1 Å². The first-order valence-corrected chi connectivity index (χ1v) is 10.1. The lowest BCUT2D eigenvalue weighted by Crippen LogP contribution is -2.44. The molecule has 0 aromatic heterocycles. The van der Waals surface area contributed by atoms with Gasteiger partial charge in [-0.25, -0.2) is 0 Å². The van der Waals surface area contributed by atoms with E-state index in [-0.39, 0.29) is 24.0 Å². The van der Waals surface area contributed by atoms with Gasteiger partial charge in [0, 0.05) is 65.2 Å². The van der Waals surface area contributed by atoms with Crippen LogP contribution in [0.5, 0.6) is 0 Å². The molecule has 0 radical (unpaired) electrons. The fraction of sp³-hybridized carbons (Fsp3) is 0.947. The molecule has 7 heteroatoms. The average molecular weight is 482 g/mol. The molecule has 2 rings (SSSR count). The Morgan fingerprint density at radius 2 is 1.85 bits per heavy atom. The Kier molecular flexibility index (Phi) is 12.8. The third-order valence-corrected chi connectivity index (χ3v) is 5.02. The van der Waals surface area contributed by atoms with Crippen LogP contribution in [0.3, 0.4) is 0 Å². The Morgan fingerprint density at radius 3 is 2.46 bits per heavy atom. The van der Waals surface area contributed by atoms with Crippen LogP contribution in [0.4, 0.5) is 0 Å². The van der Waals surface area contributed by atoms with Crippen LogP contribution in [0.15, 0.2) is 4.99 Å². The number of nitrogens with one attached hydrogen (secondary N) is 2. The minimum absolute atomic E-state index is 0. The number of hydrogen-bond donors (Lipinski definition) is 2. The van der Waals surface area contributed by atoms with Crippen molar-refractivity contribution in [2.45, 2.75) is 58.0 Å². The van der Waals surface area contributed by atoms with Gasteiger partial charge in [-0.3, -0.25) is 9.89 Å². The molecule has 0 aromatic rings. The topological polar surface area (TPSA) is 58.1 Å². The van der Waals surface area contributed by atoms with Gasteiger partial charge in [0.2, 0.25) is 0 Å². The summed E-state index contributed by atoms with van der Waals surface area (Å²) in [7, 11) is 1.83. The molecule has 154 valence electrons. The van der Waals surface area contributed by atoms with E-state index in [0.717, 1.165) is 77.3 Å². The lowest BCUT2D eigenvalue weighted by Gasteiger charge is -2.26. The molecule has 6 nitrogen and oxygen atoms in total. The molecular weight excluding hydrogens is 443 g/mol. The fourth-order valence-corrected chi connectivity index (χ4v) is 3.34. The first-order valence-electron chi connectivity index (χ1n) is 10.1. The summed E-state index contributed by atoms with van der Waals surface area (Å²) in [6, 6.07) is 1.43. The highest BCUT2D eigenvalue weighted by Crippen LogP contribution is 2.27. The van der Waals surface area contributed by atoms with Crippen molar-refractivity contribution in [3.8, 4) is 0 Å². The summed E-state index contributed by atoms with van der Waals surface area (Å²) in [4.78, 5) is 6.89. The molecule has 2 aliphatic rings. The van der Waals surface area contributed by atoms with Crippen LogP contribution in [0.25, 0.3) is 0 Å². The molecule has 0 spiro atoms. The van der Waals surface area contributed by atoms with Gasteiger partial charge in [-0.2, -0.15) is 0 Å². The van der Waals surface area contributed by atoms with Gasteiger partial charge in [-0.15, -0.1) is 24.0 Å². The fourth-order valence-electron chi connectivity index (χ4n) is 3.34. The van der Waals surface area contributed by atoms with Gasteiger partial charge >= 0.3 is 0 Å². The SMILES string of the molecule is CN=C(NCCCOCC1CCOCC1)NCCN(C(C)C)C1CC1.I. The third kappa shape index (κ3) is 9.71. The second kappa shape index (κ2) is 14.0. The second-order valence-corrected chi connectivity index (χ2v) is 7.47.